The number of hydrogen-bond acceptors (Lipinski definition) is 5. The zero-order valence-corrected chi connectivity index (χ0v) is 18.0. The molecule has 3 heterocycles. The lowest BCUT2D eigenvalue weighted by Crippen LogP contribution is -2.35. The van der Waals surface area contributed by atoms with Gasteiger partial charge in [0, 0.05) is 34.6 Å². The number of amides is 1. The van der Waals surface area contributed by atoms with Crippen LogP contribution < -0.4 is 14.8 Å². The maximum absolute atomic E-state index is 13.5. The molecule has 0 radical (unpaired) electrons. The van der Waals surface area contributed by atoms with Crippen LogP contribution in [0.15, 0.2) is 42.6 Å². The van der Waals surface area contributed by atoms with Crippen LogP contribution in [0.4, 0.5) is 4.39 Å². The predicted molar refractivity (Wildman–Crippen MR) is 122 cm³/mol. The van der Waals surface area contributed by atoms with Crippen molar-refractivity contribution in [1.29, 1.82) is 0 Å². The number of carbonyl (C=O) groups is 1. The van der Waals surface area contributed by atoms with E-state index in [9.17, 15) is 9.18 Å². The van der Waals surface area contributed by atoms with E-state index in [-0.39, 0.29) is 24.3 Å². The Kier molecular flexibility index (Phi) is 4.86. The third-order valence-electron chi connectivity index (χ3n) is 6.37. The fraction of sp³-hybridized carbons (Fsp3) is 0.320. The van der Waals surface area contributed by atoms with Gasteiger partial charge in [-0.1, -0.05) is 12.8 Å². The van der Waals surface area contributed by atoms with E-state index in [1.54, 1.807) is 23.0 Å². The van der Waals surface area contributed by atoms with Crippen LogP contribution in [-0.4, -0.2) is 39.9 Å². The van der Waals surface area contributed by atoms with Gasteiger partial charge < -0.3 is 14.8 Å². The third-order valence-corrected chi connectivity index (χ3v) is 6.37. The highest BCUT2D eigenvalue weighted by atomic mass is 19.1. The van der Waals surface area contributed by atoms with Crippen LogP contribution in [0.5, 0.6) is 11.5 Å². The fourth-order valence-corrected chi connectivity index (χ4v) is 4.81. The molecule has 168 valence electrons. The summed E-state index contributed by atoms with van der Waals surface area (Å²) >= 11 is 0. The van der Waals surface area contributed by atoms with Crippen molar-refractivity contribution >= 4 is 27.7 Å². The zero-order valence-electron chi connectivity index (χ0n) is 18.0. The van der Waals surface area contributed by atoms with Gasteiger partial charge in [-0.05, 0) is 43.2 Å². The van der Waals surface area contributed by atoms with E-state index in [1.165, 1.54) is 12.1 Å². The number of nitrogens with one attached hydrogen (secondary N) is 1. The van der Waals surface area contributed by atoms with Gasteiger partial charge in [0.05, 0.1) is 11.0 Å². The van der Waals surface area contributed by atoms with Crippen molar-refractivity contribution in [3.63, 3.8) is 0 Å². The molecule has 1 saturated carbocycles. The minimum absolute atomic E-state index is 0.0699. The number of halogens is 1. The average Bonchev–Trinajstić information content (AvgIpc) is 3.46. The van der Waals surface area contributed by atoms with Gasteiger partial charge in [-0.25, -0.2) is 4.39 Å². The van der Waals surface area contributed by atoms with Crippen molar-refractivity contribution in [3.05, 3.63) is 48.4 Å². The lowest BCUT2D eigenvalue weighted by atomic mass is 10.1. The van der Waals surface area contributed by atoms with Crippen molar-refractivity contribution in [2.45, 2.75) is 38.3 Å². The quantitative estimate of drug-likeness (QED) is 0.508. The van der Waals surface area contributed by atoms with Gasteiger partial charge >= 0.3 is 0 Å². The molecule has 0 bridgehead atoms. The first kappa shape index (κ1) is 20.0. The second-order valence-corrected chi connectivity index (χ2v) is 8.60. The molecule has 1 aliphatic carbocycles. The second-order valence-electron chi connectivity index (χ2n) is 8.60. The minimum Gasteiger partial charge on any atom is -0.486 e. The van der Waals surface area contributed by atoms with Crippen LogP contribution in [0.2, 0.25) is 0 Å². The summed E-state index contributed by atoms with van der Waals surface area (Å²) in [5.74, 6) is 0.921. The summed E-state index contributed by atoms with van der Waals surface area (Å²) < 4.78 is 26.8. The van der Waals surface area contributed by atoms with Crippen LogP contribution in [0.1, 0.15) is 25.7 Å². The summed E-state index contributed by atoms with van der Waals surface area (Å²) in [5, 5.41) is 9.54. The van der Waals surface area contributed by atoms with Gasteiger partial charge in [-0.3, -0.25) is 14.5 Å². The average molecular weight is 446 g/mol. The summed E-state index contributed by atoms with van der Waals surface area (Å²) in [6.45, 7) is 1.06. The van der Waals surface area contributed by atoms with Gasteiger partial charge in [0.15, 0.2) is 11.5 Å². The van der Waals surface area contributed by atoms with Crippen LogP contribution in [0, 0.1) is 5.82 Å². The number of hydrogen-bond donors (Lipinski definition) is 1. The first-order valence-electron chi connectivity index (χ1n) is 11.3. The van der Waals surface area contributed by atoms with Crippen LogP contribution in [-0.2, 0) is 11.3 Å². The van der Waals surface area contributed by atoms with Crippen LogP contribution in [0.3, 0.4) is 0 Å². The van der Waals surface area contributed by atoms with E-state index < -0.39 is 0 Å². The molecule has 1 fully saturated rings. The summed E-state index contributed by atoms with van der Waals surface area (Å²) in [7, 11) is 0. The van der Waals surface area contributed by atoms with Crippen molar-refractivity contribution in [3.8, 4) is 22.8 Å². The number of carbonyl (C=O) groups excluding carboxylic acids is 1. The number of benzene rings is 2. The standard InChI is InChI=1S/C25H23FN4O3/c26-16-7-5-15(6-8-16)24-19-13-27-20-12-22-21(32-9-10-33-22)11-18(20)25(19)30(29-24)14-23(31)28-17-3-1-2-4-17/h5-8,11-13,17H,1-4,9-10,14H2,(H,28,31). The lowest BCUT2D eigenvalue weighted by Gasteiger charge is -2.19. The number of aromatic nitrogens is 3. The first-order valence-corrected chi connectivity index (χ1v) is 11.3. The topological polar surface area (TPSA) is 78.3 Å². The molecule has 4 aromatic rings. The highest BCUT2D eigenvalue weighted by molar-refractivity contribution is 6.09. The molecule has 7 nitrogen and oxygen atoms in total. The van der Waals surface area contributed by atoms with E-state index in [4.69, 9.17) is 14.6 Å². The molecular weight excluding hydrogens is 423 g/mol. The lowest BCUT2D eigenvalue weighted by molar-refractivity contribution is -0.122. The molecule has 33 heavy (non-hydrogen) atoms. The Bertz CT molecular complexity index is 1360. The molecular formula is C25H23FN4O3. The molecule has 0 unspecified atom stereocenters. The molecule has 6 rings (SSSR count). The second kappa shape index (κ2) is 8.03. The number of nitrogens with zero attached hydrogens (tertiary/aromatic N) is 3. The predicted octanol–water partition coefficient (Wildman–Crippen LogP) is 4.22. The Morgan fingerprint density at radius 1 is 1.06 bits per heavy atom. The highest BCUT2D eigenvalue weighted by Gasteiger charge is 2.22. The number of ether oxygens (including phenoxy) is 2. The molecule has 1 N–H and O–H groups in total. The smallest absolute Gasteiger partial charge is 0.241 e. The minimum atomic E-state index is -0.314. The molecule has 8 heteroatoms. The normalized spacial score (nSPS) is 15.9. The zero-order chi connectivity index (χ0) is 22.4. The molecule has 1 amide bonds. The summed E-state index contributed by atoms with van der Waals surface area (Å²) in [6.07, 6.45) is 6.08. The summed E-state index contributed by atoms with van der Waals surface area (Å²) in [5.41, 5.74) is 2.94. The third kappa shape index (κ3) is 3.65. The van der Waals surface area contributed by atoms with E-state index in [1.807, 2.05) is 12.1 Å². The number of fused-ring (bicyclic) bond motifs is 4. The van der Waals surface area contributed by atoms with E-state index in [0.29, 0.717) is 30.4 Å². The highest BCUT2D eigenvalue weighted by Crippen LogP contribution is 2.38. The Morgan fingerprint density at radius 3 is 2.55 bits per heavy atom. The van der Waals surface area contributed by atoms with Crippen molar-refractivity contribution in [2.75, 3.05) is 13.2 Å². The van der Waals surface area contributed by atoms with E-state index in [0.717, 1.165) is 53.1 Å². The van der Waals surface area contributed by atoms with E-state index in [2.05, 4.69) is 10.3 Å². The van der Waals surface area contributed by atoms with Gasteiger partial charge in [-0.2, -0.15) is 5.10 Å². The fourth-order valence-electron chi connectivity index (χ4n) is 4.81. The Hall–Kier alpha value is -3.68. The number of pyridine rings is 1. The number of rotatable bonds is 4. The van der Waals surface area contributed by atoms with Crippen molar-refractivity contribution in [1.82, 2.24) is 20.1 Å². The summed E-state index contributed by atoms with van der Waals surface area (Å²) in [6, 6.07) is 10.2. The van der Waals surface area contributed by atoms with Crippen molar-refractivity contribution < 1.29 is 18.7 Å². The van der Waals surface area contributed by atoms with Gasteiger partial charge in [0.1, 0.15) is 31.3 Å². The molecule has 1 aliphatic heterocycles. The maximum Gasteiger partial charge on any atom is 0.241 e. The van der Waals surface area contributed by atoms with Crippen LogP contribution in [0.25, 0.3) is 33.1 Å². The molecule has 0 atom stereocenters. The monoisotopic (exact) mass is 446 g/mol. The van der Waals surface area contributed by atoms with Gasteiger partial charge in [0.2, 0.25) is 5.91 Å². The largest absolute Gasteiger partial charge is 0.486 e. The molecule has 0 spiro atoms. The molecule has 2 aromatic heterocycles. The molecule has 2 aliphatic rings. The van der Waals surface area contributed by atoms with Crippen LogP contribution >= 0.6 is 0 Å². The Morgan fingerprint density at radius 2 is 1.79 bits per heavy atom. The van der Waals surface area contributed by atoms with E-state index >= 15 is 0 Å². The molecule has 0 saturated heterocycles. The SMILES string of the molecule is O=C(Cn1nc(-c2ccc(F)cc2)c2cnc3cc4c(cc3c21)OCCO4)NC1CCCC1. The first-order chi connectivity index (χ1) is 16.2. The van der Waals surface area contributed by atoms with Gasteiger partial charge in [0.25, 0.3) is 0 Å². The molecule has 2 aromatic carbocycles. The van der Waals surface area contributed by atoms with Crippen molar-refractivity contribution in [2.24, 2.45) is 0 Å². The Balaban J connectivity index is 1.50. The summed E-state index contributed by atoms with van der Waals surface area (Å²) in [4.78, 5) is 17.5. The Labute approximate surface area is 189 Å². The maximum atomic E-state index is 13.5. The van der Waals surface area contributed by atoms with Gasteiger partial charge in [-0.15, -0.1) is 0 Å².